The molecule has 0 aliphatic rings. The first-order valence-corrected chi connectivity index (χ1v) is 12.3. The van der Waals surface area contributed by atoms with Crippen molar-refractivity contribution in [3.05, 3.63) is 64.0 Å². The van der Waals surface area contributed by atoms with E-state index in [1.54, 1.807) is 51.1 Å². The fourth-order valence-corrected chi connectivity index (χ4v) is 3.90. The van der Waals surface area contributed by atoms with E-state index in [2.05, 4.69) is 4.98 Å². The van der Waals surface area contributed by atoms with Crippen molar-refractivity contribution in [2.45, 2.75) is 65.9 Å². The summed E-state index contributed by atoms with van der Waals surface area (Å²) in [7, 11) is 0. The van der Waals surface area contributed by atoms with Gasteiger partial charge in [-0.3, -0.25) is 4.79 Å². The number of hydrogen-bond donors (Lipinski definition) is 1. The van der Waals surface area contributed by atoms with Crippen LogP contribution in [0.15, 0.2) is 40.8 Å². The minimum atomic E-state index is -1.15. The van der Waals surface area contributed by atoms with Gasteiger partial charge in [0.1, 0.15) is 17.3 Å². The average molecular weight is 514 g/mol. The Labute approximate surface area is 216 Å². The van der Waals surface area contributed by atoms with E-state index >= 15 is 0 Å². The van der Waals surface area contributed by atoms with E-state index in [0.29, 0.717) is 39.8 Å². The zero-order chi connectivity index (χ0) is 26.6. The number of phenols is 1. The highest BCUT2D eigenvalue weighted by Crippen LogP contribution is 2.34. The number of aryl methyl sites for hydroxylation is 2. The lowest BCUT2D eigenvalue weighted by molar-refractivity contribution is -0.158. The van der Waals surface area contributed by atoms with Crippen molar-refractivity contribution in [2.75, 3.05) is 6.61 Å². The van der Waals surface area contributed by atoms with Crippen molar-refractivity contribution in [1.29, 1.82) is 0 Å². The molecule has 8 heteroatoms. The normalized spacial score (nSPS) is 11.6. The summed E-state index contributed by atoms with van der Waals surface area (Å²) in [6, 6.07) is 9.88. The van der Waals surface area contributed by atoms with Crippen molar-refractivity contribution in [3.63, 3.8) is 0 Å². The summed E-state index contributed by atoms with van der Waals surface area (Å²) < 4.78 is 16.9. The largest absolute Gasteiger partial charge is 0.507 e. The van der Waals surface area contributed by atoms with Gasteiger partial charge in [-0.25, -0.2) is 9.78 Å². The lowest BCUT2D eigenvalue weighted by atomic mass is 10.0. The molecular formula is C28H32ClNO6. The quantitative estimate of drug-likeness (QED) is 0.239. The number of rotatable bonds is 10. The molecule has 0 spiro atoms. The van der Waals surface area contributed by atoms with Gasteiger partial charge in [0, 0.05) is 29.3 Å². The molecule has 0 aliphatic carbocycles. The third-order valence-electron chi connectivity index (χ3n) is 5.66. The van der Waals surface area contributed by atoms with E-state index in [1.807, 2.05) is 20.8 Å². The van der Waals surface area contributed by atoms with E-state index in [4.69, 9.17) is 25.5 Å². The monoisotopic (exact) mass is 513 g/mol. The molecular weight excluding hydrogens is 482 g/mol. The van der Waals surface area contributed by atoms with Crippen LogP contribution < -0.4 is 4.74 Å². The maximum absolute atomic E-state index is 13.0. The van der Waals surface area contributed by atoms with Crippen LogP contribution in [-0.2, 0) is 16.0 Å². The van der Waals surface area contributed by atoms with Gasteiger partial charge in [-0.2, -0.15) is 0 Å². The van der Waals surface area contributed by atoms with Gasteiger partial charge in [-0.05, 0) is 69.7 Å². The van der Waals surface area contributed by atoms with E-state index in [0.717, 1.165) is 5.56 Å². The second-order valence-electron chi connectivity index (χ2n) is 9.38. The Kier molecular flexibility index (Phi) is 8.46. The summed E-state index contributed by atoms with van der Waals surface area (Å²) in [5, 5.41) is 10.7. The number of benzene rings is 2. The lowest BCUT2D eigenvalue weighted by Gasteiger charge is -2.25. The number of phenolic OH excluding ortho intramolecular Hbond substituents is 1. The molecule has 192 valence electrons. The van der Waals surface area contributed by atoms with Crippen LogP contribution in [0, 0.1) is 6.92 Å². The number of nitrogens with zero attached hydrogens (tertiary/aromatic N) is 1. The zero-order valence-corrected chi connectivity index (χ0v) is 22.2. The number of aromatic hydroxyl groups is 1. The molecule has 0 bridgehead atoms. The Morgan fingerprint density at radius 3 is 2.50 bits per heavy atom. The SMILES string of the molecule is CCOC(=O)C(C)(C)Oc1ccc(C(=O)CCc2nc(-c3ccc(Cl)cc3O)oc2C(C)C)cc1C. The molecule has 3 rings (SSSR count). The molecule has 0 atom stereocenters. The average Bonchev–Trinajstić information content (AvgIpc) is 3.23. The molecule has 0 radical (unpaired) electrons. The van der Waals surface area contributed by atoms with E-state index < -0.39 is 11.6 Å². The number of Topliss-reactive ketones (excluding diaryl/α,β-unsaturated/α-hetero) is 1. The molecule has 0 saturated carbocycles. The summed E-state index contributed by atoms with van der Waals surface area (Å²) >= 11 is 5.94. The Morgan fingerprint density at radius 2 is 1.89 bits per heavy atom. The minimum Gasteiger partial charge on any atom is -0.507 e. The fourth-order valence-electron chi connectivity index (χ4n) is 3.73. The molecule has 0 unspecified atom stereocenters. The van der Waals surface area contributed by atoms with Crippen molar-refractivity contribution in [1.82, 2.24) is 4.98 Å². The highest BCUT2D eigenvalue weighted by molar-refractivity contribution is 6.30. The summed E-state index contributed by atoms with van der Waals surface area (Å²) in [6.07, 6.45) is 0.615. The molecule has 1 aromatic heterocycles. The number of halogens is 1. The zero-order valence-electron chi connectivity index (χ0n) is 21.5. The first kappa shape index (κ1) is 27.3. The highest BCUT2D eigenvalue weighted by atomic mass is 35.5. The van der Waals surface area contributed by atoms with Gasteiger partial charge in [0.2, 0.25) is 5.89 Å². The smallest absolute Gasteiger partial charge is 0.349 e. The van der Waals surface area contributed by atoms with Crippen molar-refractivity contribution >= 4 is 23.4 Å². The highest BCUT2D eigenvalue weighted by Gasteiger charge is 2.32. The Bertz CT molecular complexity index is 1260. The van der Waals surface area contributed by atoms with Gasteiger partial charge in [-0.1, -0.05) is 25.4 Å². The van der Waals surface area contributed by atoms with Crippen LogP contribution in [0.25, 0.3) is 11.5 Å². The molecule has 0 saturated heterocycles. The molecule has 0 fully saturated rings. The Hall–Kier alpha value is -3.32. The third kappa shape index (κ3) is 6.26. The van der Waals surface area contributed by atoms with Crippen LogP contribution in [0.2, 0.25) is 5.02 Å². The number of oxazole rings is 1. The predicted molar refractivity (Wildman–Crippen MR) is 138 cm³/mol. The van der Waals surface area contributed by atoms with Crippen LogP contribution >= 0.6 is 11.6 Å². The maximum atomic E-state index is 13.0. The first-order valence-electron chi connectivity index (χ1n) is 11.9. The van der Waals surface area contributed by atoms with Gasteiger partial charge < -0.3 is 19.0 Å². The van der Waals surface area contributed by atoms with E-state index in [-0.39, 0.29) is 36.4 Å². The molecule has 3 aromatic rings. The van der Waals surface area contributed by atoms with Crippen LogP contribution in [0.5, 0.6) is 11.5 Å². The van der Waals surface area contributed by atoms with E-state index in [1.165, 1.54) is 6.07 Å². The molecule has 0 aliphatic heterocycles. The predicted octanol–water partition coefficient (Wildman–Crippen LogP) is 6.67. The summed E-state index contributed by atoms with van der Waals surface area (Å²) in [5.41, 5.74) is 1.25. The topological polar surface area (TPSA) is 98.9 Å². The molecule has 1 N–H and O–H groups in total. The van der Waals surface area contributed by atoms with Gasteiger partial charge in [0.05, 0.1) is 17.9 Å². The van der Waals surface area contributed by atoms with Crippen molar-refractivity contribution < 1.29 is 28.6 Å². The Balaban J connectivity index is 1.75. The molecule has 36 heavy (non-hydrogen) atoms. The van der Waals surface area contributed by atoms with Gasteiger partial charge >= 0.3 is 5.97 Å². The summed E-state index contributed by atoms with van der Waals surface area (Å²) in [4.78, 5) is 29.7. The fraction of sp³-hybridized carbons (Fsp3) is 0.393. The van der Waals surface area contributed by atoms with Crippen LogP contribution in [-0.4, -0.2) is 34.1 Å². The Morgan fingerprint density at radius 1 is 1.17 bits per heavy atom. The van der Waals surface area contributed by atoms with Gasteiger partial charge in [-0.15, -0.1) is 0 Å². The number of ketones is 1. The van der Waals surface area contributed by atoms with E-state index in [9.17, 15) is 14.7 Å². The molecule has 0 amide bonds. The molecule has 1 heterocycles. The number of ether oxygens (including phenoxy) is 2. The molecule has 2 aromatic carbocycles. The van der Waals surface area contributed by atoms with Crippen LogP contribution in [0.3, 0.4) is 0 Å². The minimum absolute atomic E-state index is 0.0226. The number of carbonyl (C=O) groups is 2. The van der Waals surface area contributed by atoms with Crippen LogP contribution in [0.1, 0.15) is 74.3 Å². The number of hydrogen-bond acceptors (Lipinski definition) is 7. The number of esters is 1. The first-order chi connectivity index (χ1) is 16.9. The van der Waals surface area contributed by atoms with Crippen molar-refractivity contribution in [3.8, 4) is 23.0 Å². The summed E-state index contributed by atoms with van der Waals surface area (Å²) in [6.45, 7) is 11.1. The van der Waals surface area contributed by atoms with Crippen LogP contribution in [0.4, 0.5) is 0 Å². The summed E-state index contributed by atoms with van der Waals surface area (Å²) in [5.74, 6) is 0.992. The second-order valence-corrected chi connectivity index (χ2v) is 9.82. The third-order valence-corrected chi connectivity index (χ3v) is 5.90. The molecule has 7 nitrogen and oxygen atoms in total. The van der Waals surface area contributed by atoms with Gasteiger partial charge in [0.15, 0.2) is 11.4 Å². The van der Waals surface area contributed by atoms with Gasteiger partial charge in [0.25, 0.3) is 0 Å². The lowest BCUT2D eigenvalue weighted by Crippen LogP contribution is -2.39. The standard InChI is InChI=1S/C28H32ClNO6/c1-7-34-27(33)28(5,6)36-24-13-8-18(14-17(24)4)22(31)12-11-21-25(16(2)3)35-26(30-21)20-10-9-19(29)15-23(20)32/h8-10,13-16,32H,7,11-12H2,1-6H3. The number of aromatic nitrogens is 1. The van der Waals surface area contributed by atoms with Crippen molar-refractivity contribution in [2.24, 2.45) is 0 Å². The number of carbonyl (C=O) groups excluding carboxylic acids is 2. The maximum Gasteiger partial charge on any atom is 0.349 e. The second kappa shape index (κ2) is 11.2.